The largest absolute Gasteiger partial charge is 0.469 e. The van der Waals surface area contributed by atoms with Crippen molar-refractivity contribution in [3.8, 4) is 0 Å². The van der Waals surface area contributed by atoms with Gasteiger partial charge in [-0.05, 0) is 13.0 Å². The van der Waals surface area contributed by atoms with Crippen LogP contribution in [0, 0.1) is 0 Å². The van der Waals surface area contributed by atoms with Gasteiger partial charge >= 0.3 is 11.9 Å². The molecule has 0 saturated heterocycles. The molecule has 0 fully saturated rings. The van der Waals surface area contributed by atoms with Gasteiger partial charge in [-0.1, -0.05) is 19.8 Å². The number of ether oxygens (including phenoxy) is 2. The van der Waals surface area contributed by atoms with Crippen LogP contribution in [0.5, 0.6) is 0 Å². The lowest BCUT2D eigenvalue weighted by Gasteiger charge is -2.21. The van der Waals surface area contributed by atoms with Crippen LogP contribution in [-0.2, 0) is 19.1 Å². The second-order valence-corrected chi connectivity index (χ2v) is 4.20. The van der Waals surface area contributed by atoms with Gasteiger partial charge in [-0.15, -0.1) is 0 Å². The SMILES string of the molecule is CCCCCN(CCC(=O)OC)CCC(=O)OC. The van der Waals surface area contributed by atoms with Gasteiger partial charge in [0.15, 0.2) is 0 Å². The molecule has 5 nitrogen and oxygen atoms in total. The zero-order valence-corrected chi connectivity index (χ0v) is 11.7. The molecular formula is C13H25NO4. The van der Waals surface area contributed by atoms with Crippen molar-refractivity contribution in [1.29, 1.82) is 0 Å². The van der Waals surface area contributed by atoms with Crippen molar-refractivity contribution in [3.63, 3.8) is 0 Å². The highest BCUT2D eigenvalue weighted by atomic mass is 16.5. The van der Waals surface area contributed by atoms with Gasteiger partial charge in [0.05, 0.1) is 27.1 Å². The fraction of sp³-hybridized carbons (Fsp3) is 0.846. The van der Waals surface area contributed by atoms with Gasteiger partial charge in [-0.2, -0.15) is 0 Å². The molecule has 0 aromatic heterocycles. The molecule has 106 valence electrons. The van der Waals surface area contributed by atoms with E-state index in [9.17, 15) is 9.59 Å². The van der Waals surface area contributed by atoms with Crippen LogP contribution < -0.4 is 0 Å². The topological polar surface area (TPSA) is 55.8 Å². The Bertz CT molecular complexity index is 223. The van der Waals surface area contributed by atoms with Crippen molar-refractivity contribution in [2.45, 2.75) is 39.0 Å². The number of carbonyl (C=O) groups excluding carboxylic acids is 2. The Morgan fingerprint density at radius 3 is 1.78 bits per heavy atom. The molecule has 0 aliphatic heterocycles. The first-order valence-electron chi connectivity index (χ1n) is 6.50. The fourth-order valence-corrected chi connectivity index (χ4v) is 1.62. The maximum Gasteiger partial charge on any atom is 0.306 e. The number of rotatable bonds is 10. The third-order valence-electron chi connectivity index (χ3n) is 2.80. The van der Waals surface area contributed by atoms with Gasteiger partial charge in [-0.25, -0.2) is 0 Å². The normalized spacial score (nSPS) is 10.4. The summed E-state index contributed by atoms with van der Waals surface area (Å²) in [4.78, 5) is 24.3. The highest BCUT2D eigenvalue weighted by Crippen LogP contribution is 2.02. The van der Waals surface area contributed by atoms with Gasteiger partial charge in [0.25, 0.3) is 0 Å². The highest BCUT2D eigenvalue weighted by Gasteiger charge is 2.10. The molecule has 0 rings (SSSR count). The monoisotopic (exact) mass is 259 g/mol. The zero-order chi connectivity index (χ0) is 13.8. The molecule has 0 bridgehead atoms. The predicted molar refractivity (Wildman–Crippen MR) is 69.2 cm³/mol. The molecule has 5 heteroatoms. The molecule has 0 saturated carbocycles. The van der Waals surface area contributed by atoms with E-state index in [4.69, 9.17) is 0 Å². The minimum Gasteiger partial charge on any atom is -0.469 e. The summed E-state index contributed by atoms with van der Waals surface area (Å²) in [5.74, 6) is -0.429. The van der Waals surface area contributed by atoms with E-state index in [1.807, 2.05) is 0 Å². The van der Waals surface area contributed by atoms with Crippen molar-refractivity contribution < 1.29 is 19.1 Å². The summed E-state index contributed by atoms with van der Waals surface area (Å²) in [6, 6.07) is 0. The van der Waals surface area contributed by atoms with E-state index in [1.165, 1.54) is 14.2 Å². The van der Waals surface area contributed by atoms with E-state index in [-0.39, 0.29) is 11.9 Å². The number of methoxy groups -OCH3 is 2. The van der Waals surface area contributed by atoms with Crippen LogP contribution in [0.1, 0.15) is 39.0 Å². The van der Waals surface area contributed by atoms with Crippen LogP contribution in [0.15, 0.2) is 0 Å². The second-order valence-electron chi connectivity index (χ2n) is 4.20. The lowest BCUT2D eigenvalue weighted by atomic mass is 10.2. The molecule has 0 unspecified atom stereocenters. The molecule has 0 aliphatic rings. The first-order chi connectivity index (χ1) is 8.63. The van der Waals surface area contributed by atoms with Crippen molar-refractivity contribution in [2.75, 3.05) is 33.9 Å². The Balaban J connectivity index is 3.98. The van der Waals surface area contributed by atoms with Crippen LogP contribution in [0.2, 0.25) is 0 Å². The van der Waals surface area contributed by atoms with Crippen LogP contribution in [0.3, 0.4) is 0 Å². The first-order valence-corrected chi connectivity index (χ1v) is 6.50. The molecule has 0 amide bonds. The average Bonchev–Trinajstić information content (AvgIpc) is 2.40. The molecule has 18 heavy (non-hydrogen) atoms. The fourth-order valence-electron chi connectivity index (χ4n) is 1.62. The second kappa shape index (κ2) is 11.0. The Kier molecular flexibility index (Phi) is 10.3. The minimum absolute atomic E-state index is 0.214. The summed E-state index contributed by atoms with van der Waals surface area (Å²) >= 11 is 0. The Morgan fingerprint density at radius 1 is 0.889 bits per heavy atom. The van der Waals surface area contributed by atoms with Crippen LogP contribution >= 0.6 is 0 Å². The number of hydrogen-bond acceptors (Lipinski definition) is 5. The van der Waals surface area contributed by atoms with E-state index in [0.29, 0.717) is 25.9 Å². The first kappa shape index (κ1) is 16.9. The summed E-state index contributed by atoms with van der Waals surface area (Å²) in [6.45, 7) is 4.32. The maximum atomic E-state index is 11.1. The summed E-state index contributed by atoms with van der Waals surface area (Å²) in [6.07, 6.45) is 4.13. The van der Waals surface area contributed by atoms with Gasteiger partial charge in [0.2, 0.25) is 0 Å². The summed E-state index contributed by atoms with van der Waals surface area (Å²) in [5.41, 5.74) is 0. The lowest BCUT2D eigenvalue weighted by molar-refractivity contribution is -0.141. The van der Waals surface area contributed by atoms with Crippen LogP contribution in [0.25, 0.3) is 0 Å². The smallest absolute Gasteiger partial charge is 0.306 e. The van der Waals surface area contributed by atoms with Crippen LogP contribution in [0.4, 0.5) is 0 Å². The van der Waals surface area contributed by atoms with Gasteiger partial charge in [0.1, 0.15) is 0 Å². The third kappa shape index (κ3) is 8.98. The Hall–Kier alpha value is -1.10. The van der Waals surface area contributed by atoms with E-state index >= 15 is 0 Å². The molecule has 0 atom stereocenters. The number of nitrogens with zero attached hydrogens (tertiary/aromatic N) is 1. The van der Waals surface area contributed by atoms with E-state index in [2.05, 4.69) is 21.3 Å². The molecule has 0 aromatic rings. The summed E-state index contributed by atoms with van der Waals surface area (Å²) < 4.78 is 9.23. The van der Waals surface area contributed by atoms with E-state index < -0.39 is 0 Å². The average molecular weight is 259 g/mol. The summed E-state index contributed by atoms with van der Waals surface area (Å²) in [7, 11) is 2.77. The predicted octanol–water partition coefficient (Wildman–Crippen LogP) is 1.60. The quantitative estimate of drug-likeness (QED) is 0.440. The van der Waals surface area contributed by atoms with Crippen LogP contribution in [-0.4, -0.2) is 50.7 Å². The molecule has 0 radical (unpaired) electrons. The highest BCUT2D eigenvalue weighted by molar-refractivity contribution is 5.70. The van der Waals surface area contributed by atoms with Crippen molar-refractivity contribution in [2.24, 2.45) is 0 Å². The number of esters is 2. The van der Waals surface area contributed by atoms with Gasteiger partial charge in [0, 0.05) is 13.1 Å². The molecule has 0 spiro atoms. The van der Waals surface area contributed by atoms with E-state index in [0.717, 1.165) is 25.8 Å². The van der Waals surface area contributed by atoms with Gasteiger partial charge < -0.3 is 14.4 Å². The number of hydrogen-bond donors (Lipinski definition) is 0. The Morgan fingerprint density at radius 2 is 1.39 bits per heavy atom. The van der Waals surface area contributed by atoms with Crippen molar-refractivity contribution in [1.82, 2.24) is 4.90 Å². The number of carbonyl (C=O) groups is 2. The van der Waals surface area contributed by atoms with Gasteiger partial charge in [-0.3, -0.25) is 9.59 Å². The van der Waals surface area contributed by atoms with E-state index in [1.54, 1.807) is 0 Å². The molecular weight excluding hydrogens is 234 g/mol. The molecule has 0 aliphatic carbocycles. The molecule has 0 N–H and O–H groups in total. The minimum atomic E-state index is -0.214. The number of unbranched alkanes of at least 4 members (excludes halogenated alkanes) is 2. The summed E-state index contributed by atoms with van der Waals surface area (Å²) in [5, 5.41) is 0. The molecule has 0 heterocycles. The molecule has 0 aromatic carbocycles. The standard InChI is InChI=1S/C13H25NO4/c1-4-5-6-9-14(10-7-12(15)17-2)11-8-13(16)18-3/h4-11H2,1-3H3. The Labute approximate surface area is 109 Å². The zero-order valence-electron chi connectivity index (χ0n) is 11.7. The third-order valence-corrected chi connectivity index (χ3v) is 2.80. The maximum absolute atomic E-state index is 11.1. The van der Waals surface area contributed by atoms with Crippen molar-refractivity contribution in [3.05, 3.63) is 0 Å². The lowest BCUT2D eigenvalue weighted by Crippen LogP contribution is -2.30. The van der Waals surface area contributed by atoms with Crippen molar-refractivity contribution >= 4 is 11.9 Å².